The number of carbonyl (C=O) groups excluding carboxylic acids is 1. The third-order valence-corrected chi connectivity index (χ3v) is 2.66. The summed E-state index contributed by atoms with van der Waals surface area (Å²) in [5, 5.41) is 14.5. The van der Waals surface area contributed by atoms with E-state index in [1.807, 2.05) is 0 Å². The quantitative estimate of drug-likeness (QED) is 0.331. The topological polar surface area (TPSA) is 96.9 Å². The Balaban J connectivity index is 2.80. The van der Waals surface area contributed by atoms with Crippen molar-refractivity contribution in [3.8, 4) is 5.75 Å². The molecule has 4 N–H and O–H groups in total. The first-order chi connectivity index (χ1) is 8.97. The van der Waals surface area contributed by atoms with Crippen molar-refractivity contribution in [1.29, 1.82) is 0 Å². The number of ether oxygens (including phenoxy) is 1. The number of methoxy groups -OCH3 is 1. The Morgan fingerprint density at radius 2 is 2.32 bits per heavy atom. The van der Waals surface area contributed by atoms with E-state index < -0.39 is 0 Å². The SMILES string of the molecule is COc1ccc(Cl)cc1C(=O)NC(C)CC(N)=NO. The van der Waals surface area contributed by atoms with Gasteiger partial charge in [0, 0.05) is 17.5 Å². The van der Waals surface area contributed by atoms with Gasteiger partial charge in [0.15, 0.2) is 0 Å². The van der Waals surface area contributed by atoms with E-state index >= 15 is 0 Å². The number of nitrogens with one attached hydrogen (secondary N) is 1. The Bertz CT molecular complexity index is 491. The van der Waals surface area contributed by atoms with Gasteiger partial charge < -0.3 is 21.0 Å². The zero-order chi connectivity index (χ0) is 14.4. The summed E-state index contributed by atoms with van der Waals surface area (Å²) in [5.41, 5.74) is 5.71. The fraction of sp³-hybridized carbons (Fsp3) is 0.333. The fourth-order valence-electron chi connectivity index (χ4n) is 1.56. The first-order valence-electron chi connectivity index (χ1n) is 5.58. The Morgan fingerprint density at radius 1 is 1.63 bits per heavy atom. The second kappa shape index (κ2) is 6.84. The zero-order valence-corrected chi connectivity index (χ0v) is 11.4. The van der Waals surface area contributed by atoms with Crippen LogP contribution in [0.15, 0.2) is 23.4 Å². The van der Waals surface area contributed by atoms with Crippen LogP contribution in [0.1, 0.15) is 23.7 Å². The summed E-state index contributed by atoms with van der Waals surface area (Å²) in [7, 11) is 1.47. The van der Waals surface area contributed by atoms with Crippen LogP contribution >= 0.6 is 11.6 Å². The molecule has 19 heavy (non-hydrogen) atoms. The van der Waals surface area contributed by atoms with Crippen LogP contribution < -0.4 is 15.8 Å². The van der Waals surface area contributed by atoms with Crippen LogP contribution in [-0.4, -0.2) is 30.1 Å². The van der Waals surface area contributed by atoms with Gasteiger partial charge in [-0.1, -0.05) is 16.8 Å². The van der Waals surface area contributed by atoms with E-state index in [9.17, 15) is 4.79 Å². The highest BCUT2D eigenvalue weighted by atomic mass is 35.5. The van der Waals surface area contributed by atoms with Gasteiger partial charge in [-0.15, -0.1) is 0 Å². The standard InChI is InChI=1S/C12H16ClN3O3/c1-7(5-11(14)16-18)15-12(17)9-6-8(13)3-4-10(9)19-2/h3-4,6-7,18H,5H2,1-2H3,(H2,14,16)(H,15,17). The predicted molar refractivity (Wildman–Crippen MR) is 73.0 cm³/mol. The summed E-state index contributed by atoms with van der Waals surface area (Å²) in [6, 6.07) is 4.49. The second-order valence-corrected chi connectivity index (χ2v) is 4.45. The second-order valence-electron chi connectivity index (χ2n) is 4.01. The maximum Gasteiger partial charge on any atom is 0.255 e. The summed E-state index contributed by atoms with van der Waals surface area (Å²) >= 11 is 5.85. The Kier molecular flexibility index (Phi) is 5.44. The maximum absolute atomic E-state index is 12.1. The lowest BCUT2D eigenvalue weighted by molar-refractivity contribution is 0.0938. The van der Waals surface area contributed by atoms with Gasteiger partial charge >= 0.3 is 0 Å². The number of rotatable bonds is 5. The molecule has 0 bridgehead atoms. The number of nitrogens with zero attached hydrogens (tertiary/aromatic N) is 1. The van der Waals surface area contributed by atoms with E-state index in [0.717, 1.165) is 0 Å². The van der Waals surface area contributed by atoms with Gasteiger partial charge in [0.2, 0.25) is 0 Å². The molecular weight excluding hydrogens is 270 g/mol. The van der Waals surface area contributed by atoms with Crippen molar-refractivity contribution in [1.82, 2.24) is 5.32 Å². The minimum atomic E-state index is -0.336. The van der Waals surface area contributed by atoms with Gasteiger partial charge in [-0.25, -0.2) is 0 Å². The van der Waals surface area contributed by atoms with Crippen molar-refractivity contribution >= 4 is 23.3 Å². The summed E-state index contributed by atoms with van der Waals surface area (Å²) in [4.78, 5) is 12.1. The number of amidine groups is 1. The first-order valence-corrected chi connectivity index (χ1v) is 5.96. The van der Waals surface area contributed by atoms with E-state index in [1.54, 1.807) is 19.1 Å². The Labute approximate surface area is 116 Å². The van der Waals surface area contributed by atoms with E-state index in [4.69, 9.17) is 27.3 Å². The van der Waals surface area contributed by atoms with E-state index in [1.165, 1.54) is 13.2 Å². The molecule has 7 heteroatoms. The van der Waals surface area contributed by atoms with Gasteiger partial charge in [-0.3, -0.25) is 4.79 Å². The lowest BCUT2D eigenvalue weighted by atomic mass is 10.1. The molecule has 104 valence electrons. The van der Waals surface area contributed by atoms with Crippen molar-refractivity contribution in [2.75, 3.05) is 7.11 Å². The van der Waals surface area contributed by atoms with Gasteiger partial charge in [0.05, 0.1) is 12.7 Å². The maximum atomic E-state index is 12.1. The summed E-state index contributed by atoms with van der Waals surface area (Å²) in [6.45, 7) is 1.74. The molecule has 0 fully saturated rings. The summed E-state index contributed by atoms with van der Waals surface area (Å²) in [5.74, 6) is 0.140. The molecule has 0 saturated heterocycles. The first kappa shape index (κ1) is 15.1. The molecule has 0 spiro atoms. The molecular formula is C12H16ClN3O3. The highest BCUT2D eigenvalue weighted by Gasteiger charge is 2.15. The monoisotopic (exact) mass is 285 g/mol. The molecule has 0 saturated carbocycles. The number of halogens is 1. The minimum absolute atomic E-state index is 0.0471. The third kappa shape index (κ3) is 4.33. The van der Waals surface area contributed by atoms with Crippen molar-refractivity contribution in [3.05, 3.63) is 28.8 Å². The average molecular weight is 286 g/mol. The van der Waals surface area contributed by atoms with Crippen molar-refractivity contribution in [2.24, 2.45) is 10.9 Å². The number of nitrogens with two attached hydrogens (primary N) is 1. The van der Waals surface area contributed by atoms with Crippen LogP contribution in [0.25, 0.3) is 0 Å². The van der Waals surface area contributed by atoms with E-state index in [-0.39, 0.29) is 24.2 Å². The Hall–Kier alpha value is -1.95. The molecule has 1 atom stereocenters. The fourth-order valence-corrected chi connectivity index (χ4v) is 1.74. The van der Waals surface area contributed by atoms with Crippen LogP contribution in [0.4, 0.5) is 0 Å². The van der Waals surface area contributed by atoms with Crippen LogP contribution in [0.2, 0.25) is 5.02 Å². The minimum Gasteiger partial charge on any atom is -0.496 e. The largest absolute Gasteiger partial charge is 0.496 e. The molecule has 0 heterocycles. The number of carbonyl (C=O) groups is 1. The third-order valence-electron chi connectivity index (χ3n) is 2.43. The van der Waals surface area contributed by atoms with Gasteiger partial charge in [-0.05, 0) is 25.1 Å². The molecule has 0 radical (unpaired) electrons. The molecule has 0 aromatic heterocycles. The number of oxime groups is 1. The van der Waals surface area contributed by atoms with Crippen LogP contribution in [0, 0.1) is 0 Å². The van der Waals surface area contributed by atoms with Crippen molar-refractivity contribution in [2.45, 2.75) is 19.4 Å². The van der Waals surface area contributed by atoms with Crippen LogP contribution in [0.3, 0.4) is 0 Å². The summed E-state index contributed by atoms with van der Waals surface area (Å²) in [6.07, 6.45) is 0.241. The molecule has 1 rings (SSSR count). The van der Waals surface area contributed by atoms with Gasteiger partial charge in [0.1, 0.15) is 11.6 Å². The molecule has 0 aliphatic carbocycles. The zero-order valence-electron chi connectivity index (χ0n) is 10.7. The lowest BCUT2D eigenvalue weighted by Gasteiger charge is -2.14. The number of hydrogen-bond acceptors (Lipinski definition) is 4. The molecule has 1 aromatic carbocycles. The van der Waals surface area contributed by atoms with Gasteiger partial charge in [-0.2, -0.15) is 0 Å². The van der Waals surface area contributed by atoms with Crippen molar-refractivity contribution in [3.63, 3.8) is 0 Å². The van der Waals surface area contributed by atoms with E-state index in [0.29, 0.717) is 16.3 Å². The lowest BCUT2D eigenvalue weighted by Crippen LogP contribution is -2.36. The smallest absolute Gasteiger partial charge is 0.255 e. The highest BCUT2D eigenvalue weighted by Crippen LogP contribution is 2.22. The van der Waals surface area contributed by atoms with Crippen LogP contribution in [-0.2, 0) is 0 Å². The van der Waals surface area contributed by atoms with Crippen molar-refractivity contribution < 1.29 is 14.7 Å². The summed E-state index contributed by atoms with van der Waals surface area (Å²) < 4.78 is 5.10. The average Bonchev–Trinajstić information content (AvgIpc) is 2.38. The normalized spacial score (nSPS) is 12.9. The van der Waals surface area contributed by atoms with E-state index in [2.05, 4.69) is 10.5 Å². The Morgan fingerprint density at radius 3 is 2.89 bits per heavy atom. The predicted octanol–water partition coefficient (Wildman–Crippen LogP) is 1.60. The molecule has 6 nitrogen and oxygen atoms in total. The number of benzene rings is 1. The molecule has 1 unspecified atom stereocenters. The highest BCUT2D eigenvalue weighted by molar-refractivity contribution is 6.31. The number of hydrogen-bond donors (Lipinski definition) is 3. The molecule has 1 aromatic rings. The van der Waals surface area contributed by atoms with Gasteiger partial charge in [0.25, 0.3) is 5.91 Å². The van der Waals surface area contributed by atoms with Crippen LogP contribution in [0.5, 0.6) is 5.75 Å². The number of amides is 1. The molecule has 0 aliphatic rings. The molecule has 0 aliphatic heterocycles. The molecule has 1 amide bonds.